The number of hydrogen-bond acceptors (Lipinski definition) is 5. The molecular formula is C31H35ClFN5O3. The molecule has 0 fully saturated rings. The predicted octanol–water partition coefficient (Wildman–Crippen LogP) is 4.91. The van der Waals surface area contributed by atoms with Gasteiger partial charge in [-0.2, -0.15) is 4.39 Å². The van der Waals surface area contributed by atoms with E-state index in [0.717, 1.165) is 11.1 Å². The van der Waals surface area contributed by atoms with Gasteiger partial charge in [0, 0.05) is 23.9 Å². The molecule has 216 valence electrons. The molecule has 2 N–H and O–H groups in total. The number of aromatic nitrogens is 2. The predicted molar refractivity (Wildman–Crippen MR) is 159 cm³/mol. The Morgan fingerprint density at radius 1 is 1.12 bits per heavy atom. The average molecular weight is 580 g/mol. The molecule has 2 heterocycles. The normalized spacial score (nSPS) is 12.1. The lowest BCUT2D eigenvalue weighted by molar-refractivity contribution is -0.121. The van der Waals surface area contributed by atoms with E-state index in [2.05, 4.69) is 15.6 Å². The van der Waals surface area contributed by atoms with Crippen LogP contribution in [0.1, 0.15) is 35.3 Å². The highest BCUT2D eigenvalue weighted by molar-refractivity contribution is 6.32. The first-order chi connectivity index (χ1) is 19.5. The zero-order chi connectivity index (χ0) is 29.7. The maximum atomic E-state index is 15.1. The van der Waals surface area contributed by atoms with Gasteiger partial charge in [-0.05, 0) is 76.7 Å². The average Bonchev–Trinajstić information content (AvgIpc) is 3.25. The molecule has 2 aromatic carbocycles. The molecule has 0 saturated heterocycles. The van der Waals surface area contributed by atoms with E-state index in [1.807, 2.05) is 65.2 Å². The van der Waals surface area contributed by atoms with Crippen LogP contribution in [0, 0.1) is 12.9 Å². The van der Waals surface area contributed by atoms with Gasteiger partial charge in [-0.25, -0.2) is 4.98 Å². The van der Waals surface area contributed by atoms with Crippen LogP contribution in [0.25, 0.3) is 16.9 Å². The van der Waals surface area contributed by atoms with Crippen molar-refractivity contribution in [1.82, 2.24) is 24.9 Å². The molecule has 8 nitrogen and oxygen atoms in total. The van der Waals surface area contributed by atoms with Crippen molar-refractivity contribution >= 4 is 29.1 Å². The number of ether oxygens (including phenoxy) is 1. The van der Waals surface area contributed by atoms with Gasteiger partial charge in [-0.3, -0.25) is 14.0 Å². The summed E-state index contributed by atoms with van der Waals surface area (Å²) in [5.74, 6) is -0.397. The van der Waals surface area contributed by atoms with Crippen molar-refractivity contribution in [2.75, 3.05) is 27.2 Å². The van der Waals surface area contributed by atoms with Crippen LogP contribution in [0.2, 0.25) is 5.02 Å². The number of benzene rings is 2. The van der Waals surface area contributed by atoms with E-state index in [1.165, 1.54) is 4.40 Å². The van der Waals surface area contributed by atoms with E-state index in [9.17, 15) is 9.59 Å². The number of fused-ring (bicyclic) bond motifs is 1. The molecule has 0 aliphatic rings. The second kappa shape index (κ2) is 13.1. The van der Waals surface area contributed by atoms with Crippen molar-refractivity contribution in [3.8, 4) is 17.0 Å². The Bertz CT molecular complexity index is 1540. The number of carbonyl (C=O) groups is 2. The minimum absolute atomic E-state index is 0.0537. The van der Waals surface area contributed by atoms with E-state index in [0.29, 0.717) is 34.0 Å². The number of pyridine rings is 1. The first-order valence-electron chi connectivity index (χ1n) is 13.4. The molecule has 0 bridgehead atoms. The largest absolute Gasteiger partial charge is 0.489 e. The fourth-order valence-electron chi connectivity index (χ4n) is 4.46. The van der Waals surface area contributed by atoms with Gasteiger partial charge in [0.25, 0.3) is 5.91 Å². The Hall–Kier alpha value is -3.95. The SMILES string of the molecule is Cc1cccn2c(F)c(-c3ccc(C[C@@H](CNC(=O)CN(C)C)NC(=O)c4ccc(OC(C)C)c(Cl)c4)cc3)nc12. The molecule has 0 saturated carbocycles. The molecule has 2 amide bonds. The van der Waals surface area contributed by atoms with Crippen molar-refractivity contribution in [3.05, 3.63) is 88.5 Å². The number of nitrogens with zero attached hydrogens (tertiary/aromatic N) is 3. The summed E-state index contributed by atoms with van der Waals surface area (Å²) in [5.41, 5.74) is 3.65. The third kappa shape index (κ3) is 7.62. The van der Waals surface area contributed by atoms with Crippen molar-refractivity contribution in [3.63, 3.8) is 0 Å². The standard InChI is InChI=1S/C31H35ClFN5O3/c1-19(2)41-26-13-12-23(16-25(26)32)31(40)35-24(17-34-27(39)18-37(4)5)15-21-8-10-22(11-9-21)28-29(33)38-14-6-7-20(3)30(38)36-28/h6-14,16,19,24H,15,17-18H2,1-5H3,(H,34,39)(H,35,40)/t24-/m0/s1. The number of nitrogens with one attached hydrogen (secondary N) is 2. The number of rotatable bonds is 11. The fourth-order valence-corrected chi connectivity index (χ4v) is 4.68. The number of likely N-dealkylation sites (N-methyl/N-ethyl adjacent to an activating group) is 1. The van der Waals surface area contributed by atoms with Gasteiger partial charge in [0.05, 0.1) is 23.7 Å². The maximum absolute atomic E-state index is 15.1. The molecule has 1 atom stereocenters. The topological polar surface area (TPSA) is 88.0 Å². The van der Waals surface area contributed by atoms with E-state index >= 15 is 4.39 Å². The van der Waals surface area contributed by atoms with E-state index in [1.54, 1.807) is 35.4 Å². The van der Waals surface area contributed by atoms with Crippen LogP contribution in [0.15, 0.2) is 60.8 Å². The lowest BCUT2D eigenvalue weighted by Gasteiger charge is -2.21. The highest BCUT2D eigenvalue weighted by Gasteiger charge is 2.19. The van der Waals surface area contributed by atoms with Gasteiger partial charge in [0.2, 0.25) is 11.9 Å². The van der Waals surface area contributed by atoms with Crippen molar-refractivity contribution in [1.29, 1.82) is 0 Å². The summed E-state index contributed by atoms with van der Waals surface area (Å²) in [6, 6.07) is 15.5. The zero-order valence-corrected chi connectivity index (χ0v) is 24.6. The molecular weight excluding hydrogens is 545 g/mol. The maximum Gasteiger partial charge on any atom is 0.251 e. The van der Waals surface area contributed by atoms with Crippen LogP contribution in [0.4, 0.5) is 4.39 Å². The highest BCUT2D eigenvalue weighted by atomic mass is 35.5. The minimum Gasteiger partial charge on any atom is -0.489 e. The molecule has 2 aromatic heterocycles. The molecule has 0 unspecified atom stereocenters. The van der Waals surface area contributed by atoms with Crippen LogP contribution in [-0.4, -0.2) is 65.4 Å². The first-order valence-corrected chi connectivity index (χ1v) is 13.8. The van der Waals surface area contributed by atoms with E-state index in [4.69, 9.17) is 16.3 Å². The summed E-state index contributed by atoms with van der Waals surface area (Å²) in [7, 11) is 3.62. The monoisotopic (exact) mass is 579 g/mol. The number of hydrogen-bond donors (Lipinski definition) is 2. The Morgan fingerprint density at radius 2 is 1.85 bits per heavy atom. The molecule has 10 heteroatoms. The van der Waals surface area contributed by atoms with E-state index < -0.39 is 12.0 Å². The number of aryl methyl sites for hydroxylation is 1. The lowest BCUT2D eigenvalue weighted by atomic mass is 10.0. The number of halogens is 2. The minimum atomic E-state index is -0.423. The first kappa shape index (κ1) is 30.0. The number of amides is 2. The summed E-state index contributed by atoms with van der Waals surface area (Å²) in [6.07, 6.45) is 2.03. The third-order valence-electron chi connectivity index (χ3n) is 6.39. The Balaban J connectivity index is 1.51. The molecule has 0 aliphatic carbocycles. The van der Waals surface area contributed by atoms with Gasteiger partial charge in [-0.1, -0.05) is 41.9 Å². The van der Waals surface area contributed by atoms with Crippen LogP contribution in [-0.2, 0) is 11.2 Å². The summed E-state index contributed by atoms with van der Waals surface area (Å²) in [6.45, 7) is 6.14. The Morgan fingerprint density at radius 3 is 2.49 bits per heavy atom. The van der Waals surface area contributed by atoms with Gasteiger partial charge in [0.1, 0.15) is 17.1 Å². The zero-order valence-electron chi connectivity index (χ0n) is 23.9. The van der Waals surface area contributed by atoms with Crippen LogP contribution < -0.4 is 15.4 Å². The molecule has 0 spiro atoms. The van der Waals surface area contributed by atoms with Crippen LogP contribution in [0.3, 0.4) is 0 Å². The van der Waals surface area contributed by atoms with Crippen LogP contribution >= 0.6 is 11.6 Å². The highest BCUT2D eigenvalue weighted by Crippen LogP contribution is 2.27. The lowest BCUT2D eigenvalue weighted by Crippen LogP contribution is -2.46. The number of imidazole rings is 1. The quantitative estimate of drug-likeness (QED) is 0.264. The second-order valence-corrected chi connectivity index (χ2v) is 11.0. The molecule has 4 aromatic rings. The molecule has 4 rings (SSSR count). The van der Waals surface area contributed by atoms with Gasteiger partial charge in [-0.15, -0.1) is 0 Å². The summed E-state index contributed by atoms with van der Waals surface area (Å²) < 4.78 is 22.2. The van der Waals surface area contributed by atoms with Gasteiger partial charge in [0.15, 0.2) is 0 Å². The third-order valence-corrected chi connectivity index (χ3v) is 6.69. The molecule has 0 radical (unpaired) electrons. The fraction of sp³-hybridized carbons (Fsp3) is 0.323. The number of carbonyl (C=O) groups excluding carboxylic acids is 2. The second-order valence-electron chi connectivity index (χ2n) is 10.6. The van der Waals surface area contributed by atoms with Crippen molar-refractivity contribution in [2.24, 2.45) is 0 Å². The molecule has 41 heavy (non-hydrogen) atoms. The summed E-state index contributed by atoms with van der Waals surface area (Å²) in [4.78, 5) is 31.8. The van der Waals surface area contributed by atoms with Gasteiger partial charge < -0.3 is 20.3 Å². The summed E-state index contributed by atoms with van der Waals surface area (Å²) >= 11 is 6.35. The Labute approximate surface area is 244 Å². The van der Waals surface area contributed by atoms with Crippen molar-refractivity contribution in [2.45, 2.75) is 39.3 Å². The molecule has 0 aliphatic heterocycles. The summed E-state index contributed by atoms with van der Waals surface area (Å²) in [5, 5.41) is 6.25. The van der Waals surface area contributed by atoms with Crippen molar-refractivity contribution < 1.29 is 18.7 Å². The van der Waals surface area contributed by atoms with E-state index in [-0.39, 0.29) is 36.7 Å². The van der Waals surface area contributed by atoms with Crippen LogP contribution in [0.5, 0.6) is 5.75 Å². The van der Waals surface area contributed by atoms with Gasteiger partial charge >= 0.3 is 0 Å². The smallest absolute Gasteiger partial charge is 0.251 e. The Kier molecular flexibility index (Phi) is 9.62.